The van der Waals surface area contributed by atoms with Crippen LogP contribution < -0.4 is 0 Å². The first-order valence-corrected chi connectivity index (χ1v) is 6.58. The molecule has 6 heteroatoms. The third-order valence-electron chi connectivity index (χ3n) is 3.02. The molecule has 1 amide bonds. The Morgan fingerprint density at radius 2 is 2.22 bits per heavy atom. The second kappa shape index (κ2) is 5.48. The maximum atomic E-state index is 13.8. The number of nitrogens with zero attached hydrogens (tertiary/aromatic N) is 1. The van der Waals surface area contributed by atoms with E-state index in [0.29, 0.717) is 19.5 Å². The van der Waals surface area contributed by atoms with Crippen molar-refractivity contribution in [3.63, 3.8) is 0 Å². The molecule has 3 nitrogen and oxygen atoms in total. The normalized spacial score (nSPS) is 19.3. The number of hydrogen-bond acceptors (Lipinski definition) is 2. The molecule has 1 aromatic carbocycles. The first-order chi connectivity index (χ1) is 8.54. The van der Waals surface area contributed by atoms with Crippen LogP contribution in [0.25, 0.3) is 0 Å². The van der Waals surface area contributed by atoms with Crippen LogP contribution in [-0.4, -0.2) is 37.1 Å². The van der Waals surface area contributed by atoms with Gasteiger partial charge in [-0.05, 0) is 41.1 Å². The van der Waals surface area contributed by atoms with Crippen molar-refractivity contribution in [3.05, 3.63) is 32.9 Å². The first-order valence-electron chi connectivity index (χ1n) is 5.50. The Hall–Kier alpha value is -0.760. The molecule has 0 aromatic heterocycles. The first kappa shape index (κ1) is 13.7. The van der Waals surface area contributed by atoms with Crippen molar-refractivity contribution in [3.8, 4) is 0 Å². The fourth-order valence-electron chi connectivity index (χ4n) is 1.99. The van der Waals surface area contributed by atoms with Gasteiger partial charge in [0.05, 0.1) is 6.10 Å². The molecule has 0 spiro atoms. The van der Waals surface area contributed by atoms with Gasteiger partial charge >= 0.3 is 0 Å². The van der Waals surface area contributed by atoms with Gasteiger partial charge in [-0.2, -0.15) is 0 Å². The SMILES string of the molecule is CO[C@H]1CCN(C(=O)c2c(F)ccc(I)c2F)C1. The molecule has 0 radical (unpaired) electrons. The Morgan fingerprint density at radius 1 is 1.50 bits per heavy atom. The van der Waals surface area contributed by atoms with Crippen LogP contribution in [0, 0.1) is 15.2 Å². The van der Waals surface area contributed by atoms with Crippen molar-refractivity contribution >= 4 is 28.5 Å². The molecule has 98 valence electrons. The van der Waals surface area contributed by atoms with Crippen molar-refractivity contribution in [2.45, 2.75) is 12.5 Å². The summed E-state index contributed by atoms with van der Waals surface area (Å²) in [6.45, 7) is 0.835. The van der Waals surface area contributed by atoms with Gasteiger partial charge < -0.3 is 9.64 Å². The summed E-state index contributed by atoms with van der Waals surface area (Å²) in [5, 5.41) is 0. The molecule has 18 heavy (non-hydrogen) atoms. The number of halogens is 3. The lowest BCUT2D eigenvalue weighted by molar-refractivity contribution is 0.0715. The molecule has 1 heterocycles. The summed E-state index contributed by atoms with van der Waals surface area (Å²) in [5.74, 6) is -2.22. The van der Waals surface area contributed by atoms with Gasteiger partial charge in [-0.1, -0.05) is 0 Å². The van der Waals surface area contributed by atoms with Crippen molar-refractivity contribution in [1.82, 2.24) is 4.90 Å². The van der Waals surface area contributed by atoms with E-state index >= 15 is 0 Å². The molecule has 0 bridgehead atoms. The van der Waals surface area contributed by atoms with Gasteiger partial charge in [0.25, 0.3) is 5.91 Å². The van der Waals surface area contributed by atoms with Crippen molar-refractivity contribution in [2.75, 3.05) is 20.2 Å². The number of rotatable bonds is 2. The highest BCUT2D eigenvalue weighted by atomic mass is 127. The summed E-state index contributed by atoms with van der Waals surface area (Å²) in [4.78, 5) is 13.5. The molecule has 1 saturated heterocycles. The molecule has 0 aliphatic carbocycles. The summed E-state index contributed by atoms with van der Waals surface area (Å²) < 4.78 is 32.8. The largest absolute Gasteiger partial charge is 0.380 e. The number of ether oxygens (including phenoxy) is 1. The zero-order valence-electron chi connectivity index (χ0n) is 9.75. The molecule has 0 saturated carbocycles. The van der Waals surface area contributed by atoms with Gasteiger partial charge in [0.15, 0.2) is 5.82 Å². The molecule has 1 atom stereocenters. The summed E-state index contributed by atoms with van der Waals surface area (Å²) in [5.41, 5.74) is -0.473. The average molecular weight is 367 g/mol. The van der Waals surface area contributed by atoms with E-state index in [0.717, 1.165) is 6.07 Å². The molecule has 1 aromatic rings. The Bertz CT molecular complexity index is 481. The third kappa shape index (κ3) is 2.49. The van der Waals surface area contributed by atoms with Crippen LogP contribution in [0.4, 0.5) is 8.78 Å². The average Bonchev–Trinajstić information content (AvgIpc) is 2.83. The van der Waals surface area contributed by atoms with Crippen LogP contribution >= 0.6 is 22.6 Å². The summed E-state index contributed by atoms with van der Waals surface area (Å²) >= 11 is 1.74. The quantitative estimate of drug-likeness (QED) is 0.594. The molecule has 1 aliphatic heterocycles. The second-order valence-corrected chi connectivity index (χ2v) is 5.28. The molecule has 2 rings (SSSR count). The van der Waals surface area contributed by atoms with E-state index in [4.69, 9.17) is 4.74 Å². The number of likely N-dealkylation sites (tertiary alicyclic amines) is 1. The Labute approximate surface area is 117 Å². The maximum Gasteiger partial charge on any atom is 0.259 e. The zero-order valence-corrected chi connectivity index (χ0v) is 11.9. The van der Waals surface area contributed by atoms with E-state index in [1.165, 1.54) is 11.0 Å². The van der Waals surface area contributed by atoms with Gasteiger partial charge in [-0.15, -0.1) is 0 Å². The molecule has 0 unspecified atom stereocenters. The van der Waals surface area contributed by atoms with Crippen LogP contribution in [0.1, 0.15) is 16.8 Å². The molecule has 0 N–H and O–H groups in total. The molecule has 1 fully saturated rings. The van der Waals surface area contributed by atoms with E-state index < -0.39 is 23.1 Å². The molecule has 1 aliphatic rings. The lowest BCUT2D eigenvalue weighted by Gasteiger charge is -2.17. The van der Waals surface area contributed by atoms with E-state index in [-0.39, 0.29) is 9.67 Å². The Balaban J connectivity index is 2.27. The van der Waals surface area contributed by atoms with Crippen LogP contribution in [0.15, 0.2) is 12.1 Å². The van der Waals surface area contributed by atoms with E-state index in [1.807, 2.05) is 0 Å². The van der Waals surface area contributed by atoms with Crippen molar-refractivity contribution in [2.24, 2.45) is 0 Å². The Kier molecular flexibility index (Phi) is 4.16. The highest BCUT2D eigenvalue weighted by Crippen LogP contribution is 2.22. The standard InChI is InChI=1S/C12H12F2INO2/c1-18-7-4-5-16(6-7)12(17)10-8(13)2-3-9(15)11(10)14/h2-3,7H,4-6H2,1H3/t7-/m0/s1. The Morgan fingerprint density at radius 3 is 2.83 bits per heavy atom. The van der Waals surface area contributed by atoms with Gasteiger partial charge in [-0.3, -0.25) is 4.79 Å². The predicted octanol–water partition coefficient (Wildman–Crippen LogP) is 2.43. The molecular formula is C12H12F2INO2. The van der Waals surface area contributed by atoms with Crippen LogP contribution in [0.2, 0.25) is 0 Å². The van der Waals surface area contributed by atoms with Gasteiger partial charge in [0.2, 0.25) is 0 Å². The lowest BCUT2D eigenvalue weighted by Crippen LogP contribution is -2.31. The van der Waals surface area contributed by atoms with Crippen LogP contribution in [0.3, 0.4) is 0 Å². The summed E-state index contributed by atoms with van der Waals surface area (Å²) in [7, 11) is 1.56. The topological polar surface area (TPSA) is 29.5 Å². The van der Waals surface area contributed by atoms with Crippen LogP contribution in [0.5, 0.6) is 0 Å². The fraction of sp³-hybridized carbons (Fsp3) is 0.417. The van der Waals surface area contributed by atoms with Gasteiger partial charge in [0.1, 0.15) is 11.4 Å². The fourth-order valence-corrected chi connectivity index (χ4v) is 2.44. The highest BCUT2D eigenvalue weighted by Gasteiger charge is 2.30. The van der Waals surface area contributed by atoms with Crippen LogP contribution in [-0.2, 0) is 4.74 Å². The second-order valence-electron chi connectivity index (χ2n) is 4.12. The van der Waals surface area contributed by atoms with Crippen molar-refractivity contribution < 1.29 is 18.3 Å². The molecular weight excluding hydrogens is 355 g/mol. The number of hydrogen-bond donors (Lipinski definition) is 0. The number of carbonyl (C=O) groups is 1. The number of benzene rings is 1. The number of carbonyl (C=O) groups excluding carboxylic acids is 1. The summed E-state index contributed by atoms with van der Waals surface area (Å²) in [6.07, 6.45) is 0.637. The number of amides is 1. The third-order valence-corrected chi connectivity index (χ3v) is 3.86. The van der Waals surface area contributed by atoms with E-state index in [9.17, 15) is 13.6 Å². The number of methoxy groups -OCH3 is 1. The maximum absolute atomic E-state index is 13.8. The van der Waals surface area contributed by atoms with Gasteiger partial charge in [-0.25, -0.2) is 8.78 Å². The minimum Gasteiger partial charge on any atom is -0.380 e. The highest BCUT2D eigenvalue weighted by molar-refractivity contribution is 14.1. The predicted molar refractivity (Wildman–Crippen MR) is 70.4 cm³/mol. The van der Waals surface area contributed by atoms with Crippen molar-refractivity contribution in [1.29, 1.82) is 0 Å². The summed E-state index contributed by atoms with van der Waals surface area (Å²) in [6, 6.07) is 2.42. The van der Waals surface area contributed by atoms with E-state index in [1.54, 1.807) is 29.7 Å². The lowest BCUT2D eigenvalue weighted by atomic mass is 10.1. The van der Waals surface area contributed by atoms with E-state index in [2.05, 4.69) is 0 Å². The minimum atomic E-state index is -0.821. The zero-order chi connectivity index (χ0) is 13.3. The smallest absolute Gasteiger partial charge is 0.259 e. The monoisotopic (exact) mass is 367 g/mol. The van der Waals surface area contributed by atoms with Gasteiger partial charge in [0, 0.05) is 23.8 Å². The minimum absolute atomic E-state index is 0.0529.